The zero-order chi connectivity index (χ0) is 13.0. The Hall–Kier alpha value is -2.55. The van der Waals surface area contributed by atoms with Gasteiger partial charge in [0, 0.05) is 11.1 Å². The van der Waals surface area contributed by atoms with E-state index in [1.165, 1.54) is 24.3 Å². The first kappa shape index (κ1) is 11.9. The number of hydrogen-bond donors (Lipinski definition) is 0. The third-order valence-electron chi connectivity index (χ3n) is 2.48. The molecule has 0 fully saturated rings. The maximum Gasteiger partial charge on any atom is 0.273 e. The Kier molecular flexibility index (Phi) is 3.44. The molecule has 0 aliphatic rings. The van der Waals surface area contributed by atoms with Crippen molar-refractivity contribution in [3.05, 3.63) is 71.8 Å². The first-order chi connectivity index (χ1) is 8.70. The minimum absolute atomic E-state index is 0.229. The van der Waals surface area contributed by atoms with Gasteiger partial charge in [0.15, 0.2) is 0 Å². The highest BCUT2D eigenvalue weighted by atomic mass is 16.2. The summed E-state index contributed by atoms with van der Waals surface area (Å²) in [7, 11) is 0. The highest BCUT2D eigenvalue weighted by Crippen LogP contribution is 2.06. The minimum atomic E-state index is -1.01. The van der Waals surface area contributed by atoms with E-state index >= 15 is 0 Å². The molecular weight excluding hydrogens is 228 g/mol. The van der Waals surface area contributed by atoms with Crippen LogP contribution in [0.1, 0.15) is 20.7 Å². The molecule has 2 aromatic carbocycles. The van der Waals surface area contributed by atoms with E-state index in [0.717, 1.165) is 0 Å². The Morgan fingerprint density at radius 1 is 0.556 bits per heavy atom. The summed E-state index contributed by atoms with van der Waals surface area (Å²) in [5.74, 6) is -2.55. The average Bonchev–Trinajstić information content (AvgIpc) is 2.47. The lowest BCUT2D eigenvalue weighted by molar-refractivity contribution is -0.111. The maximum atomic E-state index is 11.8. The van der Waals surface area contributed by atoms with Crippen LogP contribution in [0.5, 0.6) is 0 Å². The number of carbonyl (C=O) groups is 3. The molecule has 0 heterocycles. The monoisotopic (exact) mass is 238 g/mol. The smallest absolute Gasteiger partial charge is 0.273 e. The fourth-order valence-electron chi connectivity index (χ4n) is 1.54. The largest absolute Gasteiger partial charge is 0.285 e. The van der Waals surface area contributed by atoms with Crippen LogP contribution in [0.2, 0.25) is 0 Å². The number of ketones is 3. The number of hydrogen-bond acceptors (Lipinski definition) is 3. The van der Waals surface area contributed by atoms with E-state index < -0.39 is 17.3 Å². The molecule has 0 aliphatic carbocycles. The molecule has 0 saturated carbocycles. The number of carbonyl (C=O) groups excluding carboxylic acids is 3. The highest BCUT2D eigenvalue weighted by Gasteiger charge is 2.24. The Morgan fingerprint density at radius 2 is 0.889 bits per heavy atom. The van der Waals surface area contributed by atoms with Gasteiger partial charge < -0.3 is 0 Å². The molecule has 0 aromatic heterocycles. The lowest BCUT2D eigenvalue weighted by atomic mass is 10.0. The quantitative estimate of drug-likeness (QED) is 0.466. The molecule has 0 unspecified atom stereocenters. The molecule has 0 bridgehead atoms. The van der Waals surface area contributed by atoms with Crippen molar-refractivity contribution in [3.63, 3.8) is 0 Å². The fourth-order valence-corrected chi connectivity index (χ4v) is 1.54. The SMILES string of the molecule is O=C(C(=O)c1ccccc1)C(=O)c1ccccc1. The third-order valence-corrected chi connectivity index (χ3v) is 2.48. The summed E-state index contributed by atoms with van der Waals surface area (Å²) in [5.41, 5.74) is 0.457. The lowest BCUT2D eigenvalue weighted by Crippen LogP contribution is -2.24. The maximum absolute atomic E-state index is 11.8. The van der Waals surface area contributed by atoms with E-state index in [1.54, 1.807) is 36.4 Å². The first-order valence-electron chi connectivity index (χ1n) is 5.43. The fraction of sp³-hybridized carbons (Fsp3) is 0. The standard InChI is InChI=1S/C15H10O3/c16-13(11-7-3-1-4-8-11)15(18)14(17)12-9-5-2-6-10-12/h1-10H. The van der Waals surface area contributed by atoms with Gasteiger partial charge in [-0.3, -0.25) is 14.4 Å². The molecule has 0 radical (unpaired) electrons. The van der Waals surface area contributed by atoms with E-state index in [1.807, 2.05) is 0 Å². The summed E-state index contributed by atoms with van der Waals surface area (Å²) in [6.45, 7) is 0. The van der Waals surface area contributed by atoms with Crippen LogP contribution in [0.25, 0.3) is 0 Å². The summed E-state index contributed by atoms with van der Waals surface area (Å²) in [6.07, 6.45) is 0. The molecule has 0 N–H and O–H groups in total. The second kappa shape index (κ2) is 5.19. The van der Waals surface area contributed by atoms with Gasteiger partial charge in [0.1, 0.15) is 0 Å². The number of benzene rings is 2. The summed E-state index contributed by atoms with van der Waals surface area (Å²) < 4.78 is 0. The van der Waals surface area contributed by atoms with Gasteiger partial charge in [-0.25, -0.2) is 0 Å². The van der Waals surface area contributed by atoms with Crippen molar-refractivity contribution in [2.75, 3.05) is 0 Å². The molecule has 3 nitrogen and oxygen atoms in total. The predicted octanol–water partition coefficient (Wildman–Crippen LogP) is 2.32. The van der Waals surface area contributed by atoms with Crippen molar-refractivity contribution in [1.82, 2.24) is 0 Å². The zero-order valence-corrected chi connectivity index (χ0v) is 9.50. The van der Waals surface area contributed by atoms with Gasteiger partial charge in [-0.05, 0) is 0 Å². The molecule has 0 atom stereocenters. The molecule has 88 valence electrons. The molecule has 3 heteroatoms. The normalized spacial score (nSPS) is 9.78. The number of Topliss-reactive ketones (excluding diaryl/α,β-unsaturated/α-hetero) is 3. The lowest BCUT2D eigenvalue weighted by Gasteiger charge is -1.99. The van der Waals surface area contributed by atoms with Gasteiger partial charge >= 0.3 is 0 Å². The zero-order valence-electron chi connectivity index (χ0n) is 9.50. The average molecular weight is 238 g/mol. The van der Waals surface area contributed by atoms with Gasteiger partial charge in [-0.2, -0.15) is 0 Å². The van der Waals surface area contributed by atoms with Crippen LogP contribution in [0, 0.1) is 0 Å². The van der Waals surface area contributed by atoms with E-state index in [2.05, 4.69) is 0 Å². The second-order valence-electron chi connectivity index (χ2n) is 3.72. The van der Waals surface area contributed by atoms with Crippen LogP contribution < -0.4 is 0 Å². The number of rotatable bonds is 4. The van der Waals surface area contributed by atoms with Gasteiger partial charge in [0.25, 0.3) is 5.78 Å². The first-order valence-corrected chi connectivity index (χ1v) is 5.43. The van der Waals surface area contributed by atoms with Crippen LogP contribution in [-0.4, -0.2) is 17.3 Å². The van der Waals surface area contributed by atoms with E-state index in [4.69, 9.17) is 0 Å². The Morgan fingerprint density at radius 3 is 1.22 bits per heavy atom. The highest BCUT2D eigenvalue weighted by molar-refractivity contribution is 6.69. The Labute approximate surface area is 104 Å². The van der Waals surface area contributed by atoms with E-state index in [9.17, 15) is 14.4 Å². The Bertz CT molecular complexity index is 532. The van der Waals surface area contributed by atoms with Gasteiger partial charge in [0.2, 0.25) is 11.6 Å². The van der Waals surface area contributed by atoms with Crippen molar-refractivity contribution < 1.29 is 14.4 Å². The van der Waals surface area contributed by atoms with Crippen LogP contribution >= 0.6 is 0 Å². The Balaban J connectivity index is 2.23. The van der Waals surface area contributed by atoms with Crippen LogP contribution in [0.4, 0.5) is 0 Å². The molecule has 0 spiro atoms. The summed E-state index contributed by atoms with van der Waals surface area (Å²) >= 11 is 0. The minimum Gasteiger partial charge on any atom is -0.285 e. The van der Waals surface area contributed by atoms with Crippen LogP contribution in [0.15, 0.2) is 60.7 Å². The molecule has 0 saturated heterocycles. The molecule has 2 aromatic rings. The molecule has 2 rings (SSSR count). The van der Waals surface area contributed by atoms with E-state index in [-0.39, 0.29) is 11.1 Å². The topological polar surface area (TPSA) is 51.2 Å². The molecule has 0 aliphatic heterocycles. The van der Waals surface area contributed by atoms with Crippen molar-refractivity contribution in [2.45, 2.75) is 0 Å². The summed E-state index contributed by atoms with van der Waals surface area (Å²) in [6, 6.07) is 16.1. The van der Waals surface area contributed by atoms with Gasteiger partial charge in [-0.15, -0.1) is 0 Å². The molecule has 18 heavy (non-hydrogen) atoms. The molecule has 0 amide bonds. The van der Waals surface area contributed by atoms with Crippen molar-refractivity contribution in [1.29, 1.82) is 0 Å². The van der Waals surface area contributed by atoms with Crippen molar-refractivity contribution in [2.24, 2.45) is 0 Å². The van der Waals surface area contributed by atoms with Gasteiger partial charge in [-0.1, -0.05) is 60.7 Å². The van der Waals surface area contributed by atoms with Crippen molar-refractivity contribution in [3.8, 4) is 0 Å². The summed E-state index contributed by atoms with van der Waals surface area (Å²) in [4.78, 5) is 35.3. The third kappa shape index (κ3) is 2.40. The predicted molar refractivity (Wildman–Crippen MR) is 66.6 cm³/mol. The molecular formula is C15H10O3. The second-order valence-corrected chi connectivity index (χ2v) is 3.72. The van der Waals surface area contributed by atoms with Crippen molar-refractivity contribution >= 4 is 17.3 Å². The summed E-state index contributed by atoms with van der Waals surface area (Å²) in [5, 5.41) is 0. The van der Waals surface area contributed by atoms with E-state index in [0.29, 0.717) is 0 Å². The van der Waals surface area contributed by atoms with Gasteiger partial charge in [0.05, 0.1) is 0 Å². The van der Waals surface area contributed by atoms with Crippen LogP contribution in [0.3, 0.4) is 0 Å². The van der Waals surface area contributed by atoms with Crippen LogP contribution in [-0.2, 0) is 4.79 Å².